The van der Waals surface area contributed by atoms with E-state index in [-0.39, 0.29) is 11.5 Å². The summed E-state index contributed by atoms with van der Waals surface area (Å²) in [6.45, 7) is 2.61. The third-order valence-electron chi connectivity index (χ3n) is 4.50. The van der Waals surface area contributed by atoms with Gasteiger partial charge in [-0.05, 0) is 30.7 Å². The summed E-state index contributed by atoms with van der Waals surface area (Å²) in [5, 5.41) is 20.2. The van der Waals surface area contributed by atoms with Gasteiger partial charge in [-0.3, -0.25) is 10.00 Å². The van der Waals surface area contributed by atoms with Gasteiger partial charge in [0.2, 0.25) is 0 Å². The number of pyridine rings is 1. The summed E-state index contributed by atoms with van der Waals surface area (Å²) in [6, 6.07) is 6.13. The van der Waals surface area contributed by atoms with Crippen LogP contribution in [0.2, 0.25) is 0 Å². The second kappa shape index (κ2) is 5.51. The number of aromatic nitrogens is 4. The van der Waals surface area contributed by atoms with Gasteiger partial charge in [0.1, 0.15) is 5.56 Å². The Labute approximate surface area is 132 Å². The van der Waals surface area contributed by atoms with E-state index >= 15 is 0 Å². The van der Waals surface area contributed by atoms with Crippen LogP contribution in [-0.4, -0.2) is 48.9 Å². The molecule has 3 aromatic heterocycles. The summed E-state index contributed by atoms with van der Waals surface area (Å²) in [5.41, 5.74) is 3.37. The maximum atomic E-state index is 11.2. The zero-order chi connectivity index (χ0) is 15.8. The van der Waals surface area contributed by atoms with E-state index in [0.29, 0.717) is 0 Å². The van der Waals surface area contributed by atoms with E-state index in [1.807, 2.05) is 22.8 Å². The molecule has 1 saturated heterocycles. The fraction of sp³-hybridized carbons (Fsp3) is 0.312. The van der Waals surface area contributed by atoms with Crippen molar-refractivity contribution in [3.63, 3.8) is 0 Å². The van der Waals surface area contributed by atoms with Gasteiger partial charge in [-0.25, -0.2) is 9.31 Å². The monoisotopic (exact) mass is 311 g/mol. The number of rotatable bonds is 4. The number of hydrogen-bond acceptors (Lipinski definition) is 4. The minimum absolute atomic E-state index is 0.188. The molecule has 2 N–H and O–H groups in total. The lowest BCUT2D eigenvalue weighted by Gasteiger charge is -2.16. The van der Waals surface area contributed by atoms with Crippen LogP contribution >= 0.6 is 0 Å². The Morgan fingerprint density at radius 3 is 3.22 bits per heavy atom. The number of nitrogens with one attached hydrogen (secondary N) is 1. The molecule has 7 nitrogen and oxygen atoms in total. The van der Waals surface area contributed by atoms with E-state index in [2.05, 4.69) is 26.3 Å². The highest BCUT2D eigenvalue weighted by atomic mass is 16.4. The molecule has 4 rings (SSSR count). The Kier molecular flexibility index (Phi) is 3.34. The van der Waals surface area contributed by atoms with Gasteiger partial charge in [0.05, 0.1) is 17.4 Å². The molecule has 0 bridgehead atoms. The van der Waals surface area contributed by atoms with Crippen molar-refractivity contribution >= 4 is 11.5 Å². The minimum Gasteiger partial charge on any atom is -0.478 e. The number of carboxylic acids is 1. The van der Waals surface area contributed by atoms with Crippen LogP contribution in [0.25, 0.3) is 5.52 Å². The van der Waals surface area contributed by atoms with E-state index in [9.17, 15) is 9.90 Å². The van der Waals surface area contributed by atoms with Crippen molar-refractivity contribution in [1.29, 1.82) is 0 Å². The van der Waals surface area contributed by atoms with Gasteiger partial charge in [-0.15, -0.1) is 0 Å². The molecule has 1 fully saturated rings. The maximum Gasteiger partial charge on any atom is 0.339 e. The molecule has 1 unspecified atom stereocenters. The molecular formula is C16H17N5O2. The van der Waals surface area contributed by atoms with Gasteiger partial charge >= 0.3 is 5.97 Å². The largest absolute Gasteiger partial charge is 0.478 e. The quantitative estimate of drug-likeness (QED) is 0.766. The predicted octanol–water partition coefficient (Wildman–Crippen LogP) is 1.75. The number of carbonyl (C=O) groups is 1. The summed E-state index contributed by atoms with van der Waals surface area (Å²) in [6.07, 6.45) is 6.07. The molecule has 23 heavy (non-hydrogen) atoms. The predicted molar refractivity (Wildman–Crippen MR) is 83.4 cm³/mol. The van der Waals surface area contributed by atoms with Crippen LogP contribution in [0.3, 0.4) is 0 Å². The molecule has 7 heteroatoms. The first-order chi connectivity index (χ1) is 11.2. The number of fused-ring (bicyclic) bond motifs is 1. The van der Waals surface area contributed by atoms with Crippen LogP contribution in [0.15, 0.2) is 36.8 Å². The van der Waals surface area contributed by atoms with E-state index in [4.69, 9.17) is 0 Å². The van der Waals surface area contributed by atoms with Crippen LogP contribution in [0.5, 0.6) is 0 Å². The molecule has 1 aliphatic heterocycles. The summed E-state index contributed by atoms with van der Waals surface area (Å²) in [7, 11) is 0. The molecular weight excluding hydrogens is 294 g/mol. The molecule has 1 atom stereocenters. The highest BCUT2D eigenvalue weighted by Gasteiger charge is 2.29. The van der Waals surface area contributed by atoms with Crippen molar-refractivity contribution < 1.29 is 9.90 Å². The summed E-state index contributed by atoms with van der Waals surface area (Å²) in [4.78, 5) is 13.6. The number of H-pyrrole nitrogens is 1. The third-order valence-corrected chi connectivity index (χ3v) is 4.50. The van der Waals surface area contributed by atoms with Crippen LogP contribution < -0.4 is 0 Å². The first-order valence-corrected chi connectivity index (χ1v) is 7.62. The maximum absolute atomic E-state index is 11.2. The Hall–Kier alpha value is -2.67. The number of aromatic carboxylic acids is 1. The molecule has 0 saturated carbocycles. The highest BCUT2D eigenvalue weighted by Crippen LogP contribution is 2.29. The van der Waals surface area contributed by atoms with Crippen molar-refractivity contribution in [2.45, 2.75) is 18.9 Å². The van der Waals surface area contributed by atoms with Gasteiger partial charge in [0, 0.05) is 31.4 Å². The van der Waals surface area contributed by atoms with Gasteiger partial charge in [0.25, 0.3) is 0 Å². The minimum atomic E-state index is -0.920. The second-order valence-corrected chi connectivity index (χ2v) is 5.92. The topological polar surface area (TPSA) is 86.5 Å². The molecule has 4 heterocycles. The van der Waals surface area contributed by atoms with Crippen LogP contribution in [-0.2, 0) is 6.54 Å². The molecule has 0 aliphatic carbocycles. The molecule has 1 aliphatic rings. The lowest BCUT2D eigenvalue weighted by molar-refractivity contribution is 0.0695. The van der Waals surface area contributed by atoms with Crippen molar-refractivity contribution in [1.82, 2.24) is 24.7 Å². The first-order valence-electron chi connectivity index (χ1n) is 7.62. The average molecular weight is 311 g/mol. The zero-order valence-corrected chi connectivity index (χ0v) is 12.5. The second-order valence-electron chi connectivity index (χ2n) is 5.92. The normalized spacial score (nSPS) is 18.7. The zero-order valence-electron chi connectivity index (χ0n) is 12.5. The molecule has 0 spiro atoms. The van der Waals surface area contributed by atoms with Crippen molar-refractivity contribution in [3.05, 3.63) is 53.6 Å². The highest BCUT2D eigenvalue weighted by molar-refractivity contribution is 5.88. The fourth-order valence-corrected chi connectivity index (χ4v) is 3.38. The summed E-state index contributed by atoms with van der Waals surface area (Å²) >= 11 is 0. The summed E-state index contributed by atoms with van der Waals surface area (Å²) in [5.74, 6) is -0.732. The van der Waals surface area contributed by atoms with Gasteiger partial charge in [-0.2, -0.15) is 10.2 Å². The number of likely N-dealkylation sites (tertiary alicyclic amines) is 1. The molecule has 0 radical (unpaired) electrons. The number of nitrogens with zero attached hydrogens (tertiary/aromatic N) is 4. The SMILES string of the molecule is O=C(O)c1cn[nH]c1C1CCN(Cc2cccn3nccc23)C1. The molecule has 3 aromatic rings. The molecule has 0 amide bonds. The van der Waals surface area contributed by atoms with Gasteiger partial charge < -0.3 is 5.11 Å². The van der Waals surface area contributed by atoms with E-state index in [1.54, 1.807) is 6.20 Å². The number of hydrogen-bond donors (Lipinski definition) is 2. The van der Waals surface area contributed by atoms with Crippen molar-refractivity contribution in [2.24, 2.45) is 0 Å². The Morgan fingerprint density at radius 1 is 1.43 bits per heavy atom. The fourth-order valence-electron chi connectivity index (χ4n) is 3.38. The van der Waals surface area contributed by atoms with Crippen molar-refractivity contribution in [2.75, 3.05) is 13.1 Å². The standard InChI is InChI=1S/C16H17N5O2/c22-16(23)13-8-17-19-15(13)12-4-7-20(10-12)9-11-2-1-6-21-14(11)3-5-18-21/h1-3,5-6,8,12H,4,7,9-10H2,(H,17,19)(H,22,23). The average Bonchev–Trinajstić information content (AvgIpc) is 3.27. The van der Waals surface area contributed by atoms with E-state index in [1.165, 1.54) is 11.8 Å². The Bertz CT molecular complexity index is 853. The molecule has 118 valence electrons. The van der Waals surface area contributed by atoms with Gasteiger partial charge in [-0.1, -0.05) is 6.07 Å². The number of carboxylic acid groups (broad SMARTS) is 1. The van der Waals surface area contributed by atoms with E-state index < -0.39 is 5.97 Å². The van der Waals surface area contributed by atoms with Crippen molar-refractivity contribution in [3.8, 4) is 0 Å². The summed E-state index contributed by atoms with van der Waals surface area (Å²) < 4.78 is 1.88. The third kappa shape index (κ3) is 2.49. The van der Waals surface area contributed by atoms with Gasteiger partial charge in [0.15, 0.2) is 0 Å². The van der Waals surface area contributed by atoms with Crippen LogP contribution in [0.1, 0.15) is 34.0 Å². The Balaban J connectivity index is 1.51. The molecule has 0 aromatic carbocycles. The first kappa shape index (κ1) is 14.0. The lowest BCUT2D eigenvalue weighted by atomic mass is 10.0. The number of aromatic amines is 1. The van der Waals surface area contributed by atoms with Crippen LogP contribution in [0, 0.1) is 0 Å². The van der Waals surface area contributed by atoms with E-state index in [0.717, 1.165) is 37.3 Å². The lowest BCUT2D eigenvalue weighted by Crippen LogP contribution is -2.20. The van der Waals surface area contributed by atoms with Crippen LogP contribution in [0.4, 0.5) is 0 Å². The smallest absolute Gasteiger partial charge is 0.339 e. The Morgan fingerprint density at radius 2 is 2.35 bits per heavy atom.